The van der Waals surface area contributed by atoms with E-state index in [0.717, 1.165) is 0 Å². The van der Waals surface area contributed by atoms with Crippen molar-refractivity contribution in [2.45, 2.75) is 77.6 Å². The highest BCUT2D eigenvalue weighted by molar-refractivity contribution is 5.58. The molecule has 0 aromatic carbocycles. The van der Waals surface area contributed by atoms with Crippen LogP contribution < -0.4 is 5.73 Å². The van der Waals surface area contributed by atoms with Gasteiger partial charge in [0.05, 0.1) is 11.9 Å². The number of nitrogens with two attached hydrogens (primary N) is 1. The quantitative estimate of drug-likeness (QED) is 0.663. The van der Waals surface area contributed by atoms with Gasteiger partial charge in [0.15, 0.2) is 11.5 Å². The fourth-order valence-corrected chi connectivity index (χ4v) is 3.03. The second-order valence-corrected chi connectivity index (χ2v) is 6.11. The van der Waals surface area contributed by atoms with Crippen LogP contribution in [0.1, 0.15) is 83.2 Å². The molecule has 0 saturated heterocycles. The molecule has 0 saturated carbocycles. The number of rotatable bonds is 10. The van der Waals surface area contributed by atoms with E-state index in [0.29, 0.717) is 17.4 Å². The molecular weight excluding hydrogens is 274 g/mol. The predicted molar refractivity (Wildman–Crippen MR) is 90.8 cm³/mol. The van der Waals surface area contributed by atoms with Crippen molar-refractivity contribution in [2.24, 2.45) is 0 Å². The Morgan fingerprint density at radius 1 is 1.00 bits per heavy atom. The highest BCUT2D eigenvalue weighted by Crippen LogP contribution is 2.29. The van der Waals surface area contributed by atoms with Gasteiger partial charge in [-0.25, -0.2) is 14.5 Å². The van der Waals surface area contributed by atoms with Gasteiger partial charge in [0.25, 0.3) is 0 Å². The zero-order chi connectivity index (χ0) is 15.8. The molecule has 1 atom stereocenters. The summed E-state index contributed by atoms with van der Waals surface area (Å²) >= 11 is 0. The van der Waals surface area contributed by atoms with Gasteiger partial charge < -0.3 is 5.73 Å². The smallest absolute Gasteiger partial charge is 0.196 e. The van der Waals surface area contributed by atoms with E-state index in [2.05, 4.69) is 28.9 Å². The number of hydrogen-bond acceptors (Lipinski definition) is 4. The standard InChI is InChI=1S/C17H29N5/c1-3-5-7-9-11-14(10-8-6-4-2)15-12-19-17-16(18)20-13-21-22(15)17/h12-14H,3-11H2,1-2H3,(H2,18,20,21). The topological polar surface area (TPSA) is 69.1 Å². The van der Waals surface area contributed by atoms with Crippen LogP contribution in [0.25, 0.3) is 5.65 Å². The molecule has 2 aromatic heterocycles. The molecule has 2 N–H and O–H groups in total. The first kappa shape index (κ1) is 16.7. The number of imidazole rings is 1. The highest BCUT2D eigenvalue weighted by Gasteiger charge is 2.17. The Hall–Kier alpha value is -1.65. The second-order valence-electron chi connectivity index (χ2n) is 6.11. The molecule has 0 radical (unpaired) electrons. The van der Waals surface area contributed by atoms with Crippen LogP contribution in [0.3, 0.4) is 0 Å². The lowest BCUT2D eigenvalue weighted by atomic mass is 9.92. The Labute approximate surface area is 133 Å². The van der Waals surface area contributed by atoms with Crippen LogP contribution in [-0.4, -0.2) is 19.6 Å². The number of fused-ring (bicyclic) bond motifs is 1. The molecule has 2 aromatic rings. The van der Waals surface area contributed by atoms with Gasteiger partial charge in [-0.3, -0.25) is 0 Å². The van der Waals surface area contributed by atoms with Gasteiger partial charge in [-0.05, 0) is 12.8 Å². The zero-order valence-corrected chi connectivity index (χ0v) is 14.0. The minimum absolute atomic E-state index is 0.458. The molecule has 0 bridgehead atoms. The zero-order valence-electron chi connectivity index (χ0n) is 14.0. The Morgan fingerprint density at radius 2 is 1.68 bits per heavy atom. The van der Waals surface area contributed by atoms with E-state index >= 15 is 0 Å². The third-order valence-electron chi connectivity index (χ3n) is 4.34. The number of aromatic nitrogens is 4. The van der Waals surface area contributed by atoms with Crippen LogP contribution >= 0.6 is 0 Å². The molecule has 22 heavy (non-hydrogen) atoms. The summed E-state index contributed by atoms with van der Waals surface area (Å²) in [4.78, 5) is 8.45. The molecule has 0 spiro atoms. The number of hydrogen-bond donors (Lipinski definition) is 1. The van der Waals surface area contributed by atoms with Crippen LogP contribution in [0.2, 0.25) is 0 Å². The fourth-order valence-electron chi connectivity index (χ4n) is 3.03. The van der Waals surface area contributed by atoms with E-state index in [9.17, 15) is 0 Å². The van der Waals surface area contributed by atoms with Crippen molar-refractivity contribution in [1.29, 1.82) is 0 Å². The lowest BCUT2D eigenvalue weighted by Gasteiger charge is -2.16. The first-order valence-corrected chi connectivity index (χ1v) is 8.72. The van der Waals surface area contributed by atoms with Gasteiger partial charge >= 0.3 is 0 Å². The number of unbranched alkanes of at least 4 members (excludes halogenated alkanes) is 5. The predicted octanol–water partition coefficient (Wildman–Crippen LogP) is 4.34. The Bertz CT molecular complexity index is 563. The number of anilines is 1. The van der Waals surface area contributed by atoms with Gasteiger partial charge in [-0.15, -0.1) is 0 Å². The Balaban J connectivity index is 2.12. The number of nitrogens with zero attached hydrogens (tertiary/aromatic N) is 4. The van der Waals surface area contributed by atoms with E-state index in [1.165, 1.54) is 69.8 Å². The first-order valence-electron chi connectivity index (χ1n) is 8.72. The summed E-state index contributed by atoms with van der Waals surface area (Å²) in [6.07, 6.45) is 14.9. The third-order valence-corrected chi connectivity index (χ3v) is 4.34. The molecule has 1 unspecified atom stereocenters. The summed E-state index contributed by atoms with van der Waals surface area (Å²) in [5, 5.41) is 4.36. The van der Waals surface area contributed by atoms with Gasteiger partial charge in [0.1, 0.15) is 6.33 Å². The summed E-state index contributed by atoms with van der Waals surface area (Å²) in [7, 11) is 0. The molecule has 0 aliphatic heterocycles. The van der Waals surface area contributed by atoms with Gasteiger partial charge in [-0.1, -0.05) is 58.8 Å². The molecule has 0 aliphatic rings. The molecule has 2 rings (SSSR count). The van der Waals surface area contributed by atoms with Gasteiger partial charge in [0, 0.05) is 5.92 Å². The highest BCUT2D eigenvalue weighted by atomic mass is 15.3. The Kier molecular flexibility index (Phi) is 6.62. The normalized spacial score (nSPS) is 12.8. The average Bonchev–Trinajstić information content (AvgIpc) is 2.95. The average molecular weight is 303 g/mol. The summed E-state index contributed by atoms with van der Waals surface area (Å²) in [6, 6.07) is 0. The van der Waals surface area contributed by atoms with E-state index in [1.54, 1.807) is 0 Å². The molecule has 5 heteroatoms. The van der Waals surface area contributed by atoms with Crippen molar-refractivity contribution in [3.05, 3.63) is 18.2 Å². The van der Waals surface area contributed by atoms with E-state index in [1.807, 2.05) is 10.7 Å². The SMILES string of the molecule is CCCCCCC(CCCCC)c1cnc2c(N)ncnn12. The van der Waals surface area contributed by atoms with Crippen molar-refractivity contribution >= 4 is 11.5 Å². The van der Waals surface area contributed by atoms with Crippen molar-refractivity contribution in [3.8, 4) is 0 Å². The number of nitrogen functional groups attached to an aromatic ring is 1. The molecule has 2 heterocycles. The summed E-state index contributed by atoms with van der Waals surface area (Å²) in [5.74, 6) is 0.979. The molecule has 5 nitrogen and oxygen atoms in total. The van der Waals surface area contributed by atoms with Gasteiger partial charge in [0.2, 0.25) is 0 Å². The third kappa shape index (κ3) is 4.18. The van der Waals surface area contributed by atoms with E-state index in [4.69, 9.17) is 5.73 Å². The van der Waals surface area contributed by atoms with Crippen LogP contribution in [0, 0.1) is 0 Å². The van der Waals surface area contributed by atoms with Gasteiger partial charge in [-0.2, -0.15) is 5.10 Å². The summed E-state index contributed by atoms with van der Waals surface area (Å²) < 4.78 is 1.89. The van der Waals surface area contributed by atoms with Crippen LogP contribution in [0.5, 0.6) is 0 Å². The summed E-state index contributed by atoms with van der Waals surface area (Å²) in [5.41, 5.74) is 7.77. The molecule has 0 amide bonds. The minimum Gasteiger partial charge on any atom is -0.381 e. The maximum absolute atomic E-state index is 5.90. The van der Waals surface area contributed by atoms with Crippen LogP contribution in [-0.2, 0) is 0 Å². The largest absolute Gasteiger partial charge is 0.381 e. The fraction of sp³-hybridized carbons (Fsp3) is 0.706. The maximum Gasteiger partial charge on any atom is 0.196 e. The monoisotopic (exact) mass is 303 g/mol. The molecular formula is C17H29N5. The van der Waals surface area contributed by atoms with Crippen molar-refractivity contribution in [1.82, 2.24) is 19.6 Å². The van der Waals surface area contributed by atoms with Crippen molar-refractivity contribution < 1.29 is 0 Å². The van der Waals surface area contributed by atoms with E-state index in [-0.39, 0.29) is 0 Å². The lowest BCUT2D eigenvalue weighted by Crippen LogP contribution is -2.07. The second kappa shape index (κ2) is 8.71. The summed E-state index contributed by atoms with van der Waals surface area (Å²) in [6.45, 7) is 4.50. The van der Waals surface area contributed by atoms with Crippen molar-refractivity contribution in [2.75, 3.05) is 5.73 Å². The lowest BCUT2D eigenvalue weighted by molar-refractivity contribution is 0.486. The molecule has 122 valence electrons. The van der Waals surface area contributed by atoms with Crippen LogP contribution in [0.4, 0.5) is 5.82 Å². The maximum atomic E-state index is 5.90. The first-order chi connectivity index (χ1) is 10.8. The van der Waals surface area contributed by atoms with E-state index < -0.39 is 0 Å². The molecule has 0 fully saturated rings. The molecule has 0 aliphatic carbocycles. The van der Waals surface area contributed by atoms with Crippen LogP contribution in [0.15, 0.2) is 12.5 Å². The Morgan fingerprint density at radius 3 is 2.41 bits per heavy atom. The minimum atomic E-state index is 0.458. The van der Waals surface area contributed by atoms with Crippen molar-refractivity contribution in [3.63, 3.8) is 0 Å².